The minimum atomic E-state index is -0.507. The fraction of sp³-hybridized carbons (Fsp3) is 0.100. The molecule has 0 saturated carbocycles. The molecule has 29 heavy (non-hydrogen) atoms. The first kappa shape index (κ1) is 20.3. The number of ether oxygens (including phenoxy) is 2. The number of hydrazone groups is 1. The molecule has 0 saturated heterocycles. The third-order valence-electron chi connectivity index (χ3n) is 3.77. The van der Waals surface area contributed by atoms with E-state index in [2.05, 4.69) is 36.7 Å². The average Bonchev–Trinajstić information content (AvgIpc) is 3.15. The van der Waals surface area contributed by atoms with E-state index in [-0.39, 0.29) is 11.4 Å². The Labute approximate surface area is 175 Å². The molecule has 0 atom stereocenters. The molecule has 2 N–H and O–H groups in total. The molecular weight excluding hydrogens is 440 g/mol. The van der Waals surface area contributed by atoms with E-state index in [1.807, 2.05) is 6.07 Å². The number of carbonyl (C=O) groups is 2. The number of halogens is 1. The first-order valence-corrected chi connectivity index (χ1v) is 9.27. The van der Waals surface area contributed by atoms with Gasteiger partial charge in [0, 0.05) is 10.2 Å². The van der Waals surface area contributed by atoms with Gasteiger partial charge in [-0.05, 0) is 55.0 Å². The summed E-state index contributed by atoms with van der Waals surface area (Å²) in [7, 11) is 1.47. The zero-order chi connectivity index (χ0) is 20.8. The number of hydrogen-bond acceptors (Lipinski definition) is 6. The van der Waals surface area contributed by atoms with E-state index in [0.717, 1.165) is 10.2 Å². The summed E-state index contributed by atoms with van der Waals surface area (Å²) in [6.45, 7) is 1.80. The molecule has 3 rings (SSSR count). The van der Waals surface area contributed by atoms with Crippen LogP contribution in [0.4, 0.5) is 0 Å². The van der Waals surface area contributed by atoms with Gasteiger partial charge in [-0.15, -0.1) is 0 Å². The van der Waals surface area contributed by atoms with Gasteiger partial charge >= 0.3 is 5.97 Å². The number of hydrogen-bond donors (Lipinski definition) is 2. The second-order valence-corrected chi connectivity index (χ2v) is 6.86. The van der Waals surface area contributed by atoms with Crippen LogP contribution < -0.4 is 14.9 Å². The molecule has 1 heterocycles. The van der Waals surface area contributed by atoms with Gasteiger partial charge in [0.05, 0.1) is 18.9 Å². The lowest BCUT2D eigenvalue weighted by molar-refractivity contribution is 0.0729. The Morgan fingerprint density at radius 3 is 2.69 bits per heavy atom. The number of benzene rings is 2. The molecule has 0 unspecified atom stereocenters. The maximum Gasteiger partial charge on any atom is 0.343 e. The van der Waals surface area contributed by atoms with Gasteiger partial charge in [-0.2, -0.15) is 10.2 Å². The van der Waals surface area contributed by atoms with Gasteiger partial charge in [-0.3, -0.25) is 9.89 Å². The Morgan fingerprint density at radius 1 is 1.17 bits per heavy atom. The van der Waals surface area contributed by atoms with Crippen LogP contribution >= 0.6 is 15.9 Å². The molecule has 0 fully saturated rings. The molecule has 3 aromatic rings. The summed E-state index contributed by atoms with van der Waals surface area (Å²) < 4.78 is 11.5. The van der Waals surface area contributed by atoms with Crippen LogP contribution in [0.15, 0.2) is 58.1 Å². The van der Waals surface area contributed by atoms with Crippen LogP contribution in [0.3, 0.4) is 0 Å². The maximum absolute atomic E-state index is 12.3. The predicted octanol–water partition coefficient (Wildman–Crippen LogP) is 3.47. The smallest absolute Gasteiger partial charge is 0.343 e. The van der Waals surface area contributed by atoms with Crippen LogP contribution in [0.25, 0.3) is 0 Å². The monoisotopic (exact) mass is 456 g/mol. The number of H-pyrrole nitrogens is 1. The van der Waals surface area contributed by atoms with Crippen LogP contribution in [-0.2, 0) is 0 Å². The van der Waals surface area contributed by atoms with Crippen molar-refractivity contribution in [2.75, 3.05) is 7.11 Å². The molecule has 8 nitrogen and oxygen atoms in total. The third-order valence-corrected chi connectivity index (χ3v) is 4.26. The van der Waals surface area contributed by atoms with Crippen molar-refractivity contribution in [1.29, 1.82) is 0 Å². The van der Waals surface area contributed by atoms with Crippen molar-refractivity contribution in [3.63, 3.8) is 0 Å². The fourth-order valence-corrected chi connectivity index (χ4v) is 2.78. The number of carbonyl (C=O) groups excluding carboxylic acids is 2. The summed E-state index contributed by atoms with van der Waals surface area (Å²) in [5.41, 5.74) is 4.45. The third kappa shape index (κ3) is 5.29. The number of aromatic nitrogens is 2. The lowest BCUT2D eigenvalue weighted by Gasteiger charge is -2.10. The Bertz CT molecular complexity index is 1080. The van der Waals surface area contributed by atoms with Crippen molar-refractivity contribution in [3.8, 4) is 11.5 Å². The first-order chi connectivity index (χ1) is 14.0. The number of nitrogens with zero attached hydrogens (tertiary/aromatic N) is 2. The van der Waals surface area contributed by atoms with E-state index in [4.69, 9.17) is 9.47 Å². The summed E-state index contributed by atoms with van der Waals surface area (Å²) in [4.78, 5) is 24.2. The highest BCUT2D eigenvalue weighted by molar-refractivity contribution is 9.10. The van der Waals surface area contributed by atoms with E-state index in [1.54, 1.807) is 49.4 Å². The van der Waals surface area contributed by atoms with Crippen LogP contribution in [0.1, 0.15) is 32.1 Å². The van der Waals surface area contributed by atoms with E-state index in [1.165, 1.54) is 13.3 Å². The maximum atomic E-state index is 12.3. The zero-order valence-corrected chi connectivity index (χ0v) is 17.2. The molecule has 1 aromatic heterocycles. The molecule has 0 aliphatic rings. The summed E-state index contributed by atoms with van der Waals surface area (Å²) in [6.07, 6.45) is 1.44. The molecule has 148 valence electrons. The Balaban J connectivity index is 1.68. The highest BCUT2D eigenvalue weighted by Crippen LogP contribution is 2.28. The fourth-order valence-electron chi connectivity index (χ4n) is 2.38. The Kier molecular flexibility index (Phi) is 6.40. The van der Waals surface area contributed by atoms with Crippen molar-refractivity contribution < 1.29 is 19.1 Å². The van der Waals surface area contributed by atoms with Gasteiger partial charge in [-0.25, -0.2) is 10.2 Å². The molecule has 2 aromatic carbocycles. The lowest BCUT2D eigenvalue weighted by Crippen LogP contribution is -2.18. The standard InChI is InChI=1S/C20H17BrN4O4/c1-12-8-16(24-23-12)19(26)25-22-11-13-6-7-17(18(9-13)28-2)29-20(27)14-4-3-5-15(21)10-14/h3-11H,1-2H3,(H,23,24)(H,25,26)/b22-11-. The Hall–Kier alpha value is -3.46. The quantitative estimate of drug-likeness (QED) is 0.255. The van der Waals surface area contributed by atoms with E-state index in [0.29, 0.717) is 16.9 Å². The topological polar surface area (TPSA) is 106 Å². The van der Waals surface area contributed by atoms with E-state index in [9.17, 15) is 9.59 Å². The van der Waals surface area contributed by atoms with Gasteiger partial charge < -0.3 is 9.47 Å². The summed E-state index contributed by atoms with van der Waals surface area (Å²) in [6, 6.07) is 13.4. The summed E-state index contributed by atoms with van der Waals surface area (Å²) in [5.74, 6) is -0.318. The van der Waals surface area contributed by atoms with Crippen LogP contribution in [0, 0.1) is 6.92 Å². The molecule has 0 bridgehead atoms. The van der Waals surface area contributed by atoms with Crippen LogP contribution in [0.5, 0.6) is 11.5 Å². The molecule has 0 aliphatic heterocycles. The van der Waals surface area contributed by atoms with Crippen molar-refractivity contribution in [1.82, 2.24) is 15.6 Å². The largest absolute Gasteiger partial charge is 0.493 e. The molecular formula is C20H17BrN4O4. The number of rotatable bonds is 6. The van der Waals surface area contributed by atoms with E-state index >= 15 is 0 Å². The minimum Gasteiger partial charge on any atom is -0.493 e. The van der Waals surface area contributed by atoms with Crippen molar-refractivity contribution in [2.24, 2.45) is 5.10 Å². The van der Waals surface area contributed by atoms with Gasteiger partial charge in [0.2, 0.25) is 0 Å². The van der Waals surface area contributed by atoms with Gasteiger partial charge in [0.25, 0.3) is 5.91 Å². The SMILES string of the molecule is COc1cc(/C=N\NC(=O)c2cc(C)[nH]n2)ccc1OC(=O)c1cccc(Br)c1. The highest BCUT2D eigenvalue weighted by Gasteiger charge is 2.13. The number of esters is 1. The lowest BCUT2D eigenvalue weighted by atomic mass is 10.2. The minimum absolute atomic E-state index is 0.243. The van der Waals surface area contributed by atoms with Crippen molar-refractivity contribution in [3.05, 3.63) is 75.5 Å². The first-order valence-electron chi connectivity index (χ1n) is 8.47. The number of aromatic amines is 1. The zero-order valence-electron chi connectivity index (χ0n) is 15.6. The average molecular weight is 457 g/mol. The predicted molar refractivity (Wildman–Crippen MR) is 110 cm³/mol. The molecule has 9 heteroatoms. The number of nitrogens with one attached hydrogen (secondary N) is 2. The van der Waals surface area contributed by atoms with E-state index < -0.39 is 11.9 Å². The van der Waals surface area contributed by atoms with Gasteiger partial charge in [-0.1, -0.05) is 22.0 Å². The normalized spacial score (nSPS) is 10.7. The molecule has 0 aliphatic carbocycles. The second kappa shape index (κ2) is 9.16. The van der Waals surface area contributed by atoms with Crippen molar-refractivity contribution in [2.45, 2.75) is 6.92 Å². The molecule has 0 spiro atoms. The Morgan fingerprint density at radius 2 is 2.00 bits per heavy atom. The molecule has 0 radical (unpaired) electrons. The summed E-state index contributed by atoms with van der Waals surface area (Å²) in [5, 5.41) is 10.4. The second-order valence-electron chi connectivity index (χ2n) is 5.95. The van der Waals surface area contributed by atoms with Crippen LogP contribution in [0.2, 0.25) is 0 Å². The van der Waals surface area contributed by atoms with Gasteiger partial charge in [0.1, 0.15) is 0 Å². The number of methoxy groups -OCH3 is 1. The van der Waals surface area contributed by atoms with Crippen LogP contribution in [-0.4, -0.2) is 35.4 Å². The summed E-state index contributed by atoms with van der Waals surface area (Å²) >= 11 is 3.32. The van der Waals surface area contributed by atoms with Crippen molar-refractivity contribution >= 4 is 34.0 Å². The molecule has 1 amide bonds. The number of aryl methyl sites for hydroxylation is 1. The number of amides is 1. The van der Waals surface area contributed by atoms with Gasteiger partial charge in [0.15, 0.2) is 17.2 Å². The highest BCUT2D eigenvalue weighted by atomic mass is 79.9.